The number of pyridine rings is 6. The number of halogens is 1. The average molecular weight is 1390 g/mol. The molecule has 106 heavy (non-hydrogen) atoms. The van der Waals surface area contributed by atoms with E-state index in [2.05, 4.69) is 157 Å². The topological polar surface area (TPSA) is 184 Å². The monoisotopic (exact) mass is 1390 g/mol. The second-order valence-electron chi connectivity index (χ2n) is 26.1. The Hall–Kier alpha value is -13.2. The molecule has 0 aliphatic heterocycles. The summed E-state index contributed by atoms with van der Waals surface area (Å²) in [5.74, 6) is 4.28. The lowest BCUT2D eigenvalue weighted by Crippen LogP contribution is -2.02. The summed E-state index contributed by atoms with van der Waals surface area (Å²) in [6, 6.07) is 93.3. The number of fused-ring (bicyclic) bond motifs is 8. The van der Waals surface area contributed by atoms with Crippen LogP contribution in [-0.2, 0) is 0 Å². The smallest absolute Gasteiger partial charge is 0.537 e. The number of hydrogen-bond donors (Lipinski definition) is 1. The molecule has 14 nitrogen and oxygen atoms in total. The summed E-state index contributed by atoms with van der Waals surface area (Å²) in [6.45, 7) is 10.3. The Morgan fingerprint density at radius 2 is 0.679 bits per heavy atom. The number of para-hydroxylation sites is 2. The lowest BCUT2D eigenvalue weighted by atomic mass is 9.97. The van der Waals surface area contributed by atoms with E-state index in [4.69, 9.17) is 71.1 Å². The van der Waals surface area contributed by atoms with Crippen LogP contribution in [0.5, 0.6) is 5.75 Å². The van der Waals surface area contributed by atoms with Crippen LogP contribution >= 0.6 is 11.6 Å². The van der Waals surface area contributed by atoms with Crippen molar-refractivity contribution >= 4 is 84.7 Å². The minimum absolute atomic E-state index is 0.349. The second-order valence-corrected chi connectivity index (χ2v) is 26.5. The predicted octanol–water partition coefficient (Wildman–Crippen LogP) is 21.3. The van der Waals surface area contributed by atoms with Gasteiger partial charge in [0, 0.05) is 112 Å². The van der Waals surface area contributed by atoms with Crippen molar-refractivity contribution in [3.05, 3.63) is 319 Å². The van der Waals surface area contributed by atoms with E-state index in [9.17, 15) is 0 Å². The summed E-state index contributed by atoms with van der Waals surface area (Å²) in [4.78, 5) is 58.1. The molecule has 0 aliphatic rings. The minimum atomic E-state index is 0.349. The van der Waals surface area contributed by atoms with Gasteiger partial charge in [0.2, 0.25) is 0 Å². The normalized spacial score (nSPS) is 11.2. The summed E-state index contributed by atoms with van der Waals surface area (Å²) >= 11 is 6.38. The highest BCUT2D eigenvalue weighted by molar-refractivity contribution is 6.36. The molecule has 0 spiro atoms. The van der Waals surface area contributed by atoms with E-state index in [0.29, 0.717) is 54.3 Å². The molecular formula is C90H65BClN12O2. The quantitative estimate of drug-likeness (QED) is 0.0900. The first-order valence-electron chi connectivity index (χ1n) is 34.8. The van der Waals surface area contributed by atoms with Crippen LogP contribution in [0.25, 0.3) is 167 Å². The first-order valence-corrected chi connectivity index (χ1v) is 35.2. The molecule has 0 saturated heterocycles. The molecule has 0 bridgehead atoms. The van der Waals surface area contributed by atoms with Gasteiger partial charge in [-0.15, -0.1) is 0 Å². The molecule has 1 radical (unpaired) electrons. The Balaban J connectivity index is 0.000000134. The number of nitrogens with zero attached hydrogens (tertiary/aromatic N) is 12. The molecule has 0 unspecified atom stereocenters. The summed E-state index contributed by atoms with van der Waals surface area (Å²) in [5.41, 5.74) is 21.0. The number of rotatable bonds is 12. The van der Waals surface area contributed by atoms with E-state index in [1.807, 2.05) is 167 Å². The van der Waals surface area contributed by atoms with E-state index in [0.717, 1.165) is 160 Å². The van der Waals surface area contributed by atoms with Crippen molar-refractivity contribution in [3.63, 3.8) is 0 Å². The van der Waals surface area contributed by atoms with Gasteiger partial charge in [0.15, 0.2) is 34.9 Å². The van der Waals surface area contributed by atoms with Gasteiger partial charge in [0.25, 0.3) is 0 Å². The molecule has 10 aromatic carbocycles. The van der Waals surface area contributed by atoms with E-state index >= 15 is 0 Å². The van der Waals surface area contributed by atoms with E-state index < -0.39 is 0 Å². The van der Waals surface area contributed by atoms with Gasteiger partial charge in [-0.05, 0) is 116 Å². The standard InChI is InChI=1S/C44H30N6.C30H20BN4O2.C16H15ClN2/c1-27-19-20-30-21-22-37-38(24-28(2)47-41(37)40(30)46-27)33-14-7-16-35(26-33)44-49-42(31-10-4-3-5-11-31)48-43(50-44)34-15-6-13-32(25-34)36-18-8-12-29-17-9-23-45-39(29)36;36-31-37-25-15-5-13-24(19-25)30-34-28(21-8-2-1-3-9-21)33-29(35-30)23-12-4-11-22(18-23)26-16-6-10-20-14-7-17-32-27(20)26;1-9(2)14-8-13(17)12-7-6-11-5-4-10(3)18-15(11)16(12)19-14/h3-26H,1-2H3;1-19,36H;4-9H,1-3H3. The molecule has 0 atom stereocenters. The van der Waals surface area contributed by atoms with E-state index in [-0.39, 0.29) is 0 Å². The number of hydrogen-bond acceptors (Lipinski definition) is 14. The van der Waals surface area contributed by atoms with Crippen LogP contribution in [0.3, 0.4) is 0 Å². The zero-order valence-corrected chi connectivity index (χ0v) is 59.2. The Bertz CT molecular complexity index is 6360. The number of aryl methyl sites for hydroxylation is 3. The molecule has 16 heteroatoms. The molecule has 18 aromatic rings. The Kier molecular flexibility index (Phi) is 18.8. The van der Waals surface area contributed by atoms with Crippen LogP contribution in [0.4, 0.5) is 0 Å². The zero-order chi connectivity index (χ0) is 72.2. The fourth-order valence-corrected chi connectivity index (χ4v) is 13.5. The number of benzene rings is 10. The third kappa shape index (κ3) is 14.1. The van der Waals surface area contributed by atoms with Crippen molar-refractivity contribution in [2.45, 2.75) is 40.5 Å². The van der Waals surface area contributed by atoms with Gasteiger partial charge in [-0.2, -0.15) is 0 Å². The summed E-state index contributed by atoms with van der Waals surface area (Å²) < 4.78 is 5.15. The maximum Gasteiger partial charge on any atom is 0.569 e. The Morgan fingerprint density at radius 3 is 1.16 bits per heavy atom. The van der Waals surface area contributed by atoms with Crippen LogP contribution in [-0.4, -0.2) is 72.5 Å². The first-order chi connectivity index (χ1) is 51.9. The first kappa shape index (κ1) is 67.3. The van der Waals surface area contributed by atoms with E-state index in [1.54, 1.807) is 12.1 Å². The fourth-order valence-electron chi connectivity index (χ4n) is 13.2. The van der Waals surface area contributed by atoms with Gasteiger partial charge in [-0.25, -0.2) is 29.9 Å². The van der Waals surface area contributed by atoms with Gasteiger partial charge in [-0.3, -0.25) is 29.9 Å². The van der Waals surface area contributed by atoms with Crippen LogP contribution in [0.1, 0.15) is 42.5 Å². The maximum atomic E-state index is 9.06. The fraction of sp³-hybridized carbons (Fsp3) is 0.0667. The van der Waals surface area contributed by atoms with Crippen molar-refractivity contribution in [2.24, 2.45) is 0 Å². The zero-order valence-electron chi connectivity index (χ0n) is 58.5. The summed E-state index contributed by atoms with van der Waals surface area (Å²) in [6.07, 6.45) is 3.65. The second kappa shape index (κ2) is 29.6. The third-order valence-electron chi connectivity index (χ3n) is 18.4. The highest BCUT2D eigenvalue weighted by Gasteiger charge is 2.20. The van der Waals surface area contributed by atoms with Crippen LogP contribution in [0.15, 0.2) is 291 Å². The minimum Gasteiger partial charge on any atom is -0.537 e. The lowest BCUT2D eigenvalue weighted by Gasteiger charge is -2.13. The third-order valence-corrected chi connectivity index (χ3v) is 18.7. The van der Waals surface area contributed by atoms with Gasteiger partial charge in [0.05, 0.1) is 38.1 Å². The lowest BCUT2D eigenvalue weighted by molar-refractivity contribution is 0.454. The molecule has 0 fully saturated rings. The SMILES string of the molecule is Cc1ccc2ccc3c(-c4cccc(-c5nc(-c6ccccc6)nc(-c6cccc(-c7cccc8cccnc78)c6)n5)c4)cc(C)nc3c2n1.Cc1ccc2ccc3c(Cl)cc(C(C)C)nc3c2n1.O[B]Oc1cccc(-c2nc(-c3ccccc3)nc(-c3cccc(-c4cccc5cccnc45)c3)n2)c1. The van der Waals surface area contributed by atoms with Crippen molar-refractivity contribution in [2.75, 3.05) is 0 Å². The van der Waals surface area contributed by atoms with Gasteiger partial charge in [0.1, 0.15) is 5.75 Å². The maximum absolute atomic E-state index is 9.06. The molecule has 0 aliphatic carbocycles. The predicted molar refractivity (Wildman–Crippen MR) is 429 cm³/mol. The molecule has 8 aromatic heterocycles. The molecule has 507 valence electrons. The van der Waals surface area contributed by atoms with Crippen LogP contribution in [0, 0.1) is 20.8 Å². The average Bonchev–Trinajstić information content (AvgIpc) is 0.768. The number of aromatic nitrogens is 12. The van der Waals surface area contributed by atoms with Crippen molar-refractivity contribution in [1.29, 1.82) is 0 Å². The molecule has 0 saturated carbocycles. The highest BCUT2D eigenvalue weighted by atomic mass is 35.5. The van der Waals surface area contributed by atoms with Crippen molar-refractivity contribution < 1.29 is 9.68 Å². The molecule has 8 heterocycles. The van der Waals surface area contributed by atoms with Gasteiger partial charge < -0.3 is 9.68 Å². The molecule has 18 rings (SSSR count). The van der Waals surface area contributed by atoms with E-state index in [1.165, 1.54) is 0 Å². The van der Waals surface area contributed by atoms with Gasteiger partial charge in [-0.1, -0.05) is 238 Å². The largest absolute Gasteiger partial charge is 0.569 e. The Morgan fingerprint density at radius 1 is 0.302 bits per heavy atom. The van der Waals surface area contributed by atoms with Crippen molar-refractivity contribution in [1.82, 2.24) is 59.8 Å². The molecule has 1 N–H and O–H groups in total. The van der Waals surface area contributed by atoms with Crippen LogP contribution in [0.2, 0.25) is 5.02 Å². The molecule has 0 amide bonds. The highest BCUT2D eigenvalue weighted by Crippen LogP contribution is 2.38. The van der Waals surface area contributed by atoms with Crippen molar-refractivity contribution in [3.8, 4) is 107 Å². The Labute approximate surface area is 617 Å². The van der Waals surface area contributed by atoms with Gasteiger partial charge >= 0.3 is 7.69 Å². The van der Waals surface area contributed by atoms with Crippen LogP contribution < -0.4 is 4.65 Å². The molecular weight excluding hydrogens is 1330 g/mol. The summed E-state index contributed by atoms with van der Waals surface area (Å²) in [7, 11) is 0.654. The summed E-state index contributed by atoms with van der Waals surface area (Å²) in [5, 5.41) is 16.2.